The molecule has 120 valence electrons. The van der Waals surface area contributed by atoms with E-state index in [2.05, 4.69) is 16.0 Å². The van der Waals surface area contributed by atoms with Gasteiger partial charge in [-0.3, -0.25) is 4.90 Å². The van der Waals surface area contributed by atoms with E-state index in [4.69, 9.17) is 9.15 Å². The summed E-state index contributed by atoms with van der Waals surface area (Å²) in [7, 11) is 0. The fourth-order valence-electron chi connectivity index (χ4n) is 2.96. The zero-order valence-electron chi connectivity index (χ0n) is 13.2. The lowest BCUT2D eigenvalue weighted by atomic mass is 10.1. The number of furan rings is 1. The molecule has 0 spiro atoms. The molecule has 3 heterocycles. The number of nitrogens with zero attached hydrogens (tertiary/aromatic N) is 3. The normalized spacial score (nSPS) is 15.5. The SMILES string of the molecule is N#Cc1cc2ccccc2nc1-c1ccc(CN2CCOCC2)o1. The van der Waals surface area contributed by atoms with Gasteiger partial charge in [-0.05, 0) is 24.3 Å². The van der Waals surface area contributed by atoms with Crippen molar-refractivity contribution in [3.8, 4) is 17.5 Å². The second-order valence-electron chi connectivity index (χ2n) is 5.84. The van der Waals surface area contributed by atoms with Crippen molar-refractivity contribution in [2.45, 2.75) is 6.54 Å². The Hall–Kier alpha value is -2.68. The zero-order chi connectivity index (χ0) is 16.4. The van der Waals surface area contributed by atoms with Gasteiger partial charge in [-0.1, -0.05) is 18.2 Å². The molecular weight excluding hydrogens is 302 g/mol. The number of hydrogen-bond donors (Lipinski definition) is 0. The fourth-order valence-corrected chi connectivity index (χ4v) is 2.96. The number of para-hydroxylation sites is 1. The van der Waals surface area contributed by atoms with Crippen molar-refractivity contribution < 1.29 is 9.15 Å². The van der Waals surface area contributed by atoms with Crippen LogP contribution in [0.2, 0.25) is 0 Å². The van der Waals surface area contributed by atoms with Gasteiger partial charge in [-0.25, -0.2) is 4.98 Å². The maximum Gasteiger partial charge on any atom is 0.154 e. The van der Waals surface area contributed by atoms with Crippen molar-refractivity contribution in [3.05, 3.63) is 53.8 Å². The number of aromatic nitrogens is 1. The Kier molecular flexibility index (Phi) is 3.99. The van der Waals surface area contributed by atoms with Gasteiger partial charge < -0.3 is 9.15 Å². The predicted octanol–water partition coefficient (Wildman–Crippen LogP) is 3.20. The maximum atomic E-state index is 9.45. The molecule has 0 N–H and O–H groups in total. The molecule has 1 aliphatic rings. The fraction of sp³-hybridized carbons (Fsp3) is 0.263. The highest BCUT2D eigenvalue weighted by Gasteiger charge is 2.16. The Morgan fingerprint density at radius 1 is 1.12 bits per heavy atom. The molecule has 5 nitrogen and oxygen atoms in total. The van der Waals surface area contributed by atoms with Gasteiger partial charge in [0, 0.05) is 18.5 Å². The largest absolute Gasteiger partial charge is 0.458 e. The molecular formula is C19H17N3O2. The lowest BCUT2D eigenvalue weighted by Crippen LogP contribution is -2.35. The third-order valence-electron chi connectivity index (χ3n) is 4.22. The molecule has 0 radical (unpaired) electrons. The number of hydrogen-bond acceptors (Lipinski definition) is 5. The van der Waals surface area contributed by atoms with Gasteiger partial charge in [-0.2, -0.15) is 5.26 Å². The Morgan fingerprint density at radius 3 is 2.79 bits per heavy atom. The molecule has 0 saturated carbocycles. The van der Waals surface area contributed by atoms with E-state index in [-0.39, 0.29) is 0 Å². The highest BCUT2D eigenvalue weighted by molar-refractivity contribution is 5.83. The highest BCUT2D eigenvalue weighted by atomic mass is 16.5. The second-order valence-corrected chi connectivity index (χ2v) is 5.84. The molecule has 0 bridgehead atoms. The van der Waals surface area contributed by atoms with Crippen LogP contribution in [-0.2, 0) is 11.3 Å². The topological polar surface area (TPSA) is 62.3 Å². The molecule has 4 rings (SSSR count). The summed E-state index contributed by atoms with van der Waals surface area (Å²) in [6.07, 6.45) is 0. The van der Waals surface area contributed by atoms with E-state index in [1.807, 2.05) is 42.5 Å². The first-order valence-electron chi connectivity index (χ1n) is 8.02. The summed E-state index contributed by atoms with van der Waals surface area (Å²) < 4.78 is 11.3. The van der Waals surface area contributed by atoms with Gasteiger partial charge in [0.1, 0.15) is 17.5 Å². The molecule has 0 amide bonds. The first kappa shape index (κ1) is 14.9. The third kappa shape index (κ3) is 2.90. The number of nitriles is 1. The van der Waals surface area contributed by atoms with Crippen LogP contribution in [0, 0.1) is 11.3 Å². The number of morpholine rings is 1. The van der Waals surface area contributed by atoms with E-state index in [9.17, 15) is 5.26 Å². The van der Waals surface area contributed by atoms with Gasteiger partial charge in [0.15, 0.2) is 5.76 Å². The van der Waals surface area contributed by atoms with Crippen molar-refractivity contribution in [2.75, 3.05) is 26.3 Å². The smallest absolute Gasteiger partial charge is 0.154 e. The summed E-state index contributed by atoms with van der Waals surface area (Å²) >= 11 is 0. The molecule has 0 aliphatic carbocycles. The summed E-state index contributed by atoms with van der Waals surface area (Å²) in [6.45, 7) is 4.09. The van der Waals surface area contributed by atoms with E-state index in [0.717, 1.165) is 49.5 Å². The lowest BCUT2D eigenvalue weighted by molar-refractivity contribution is 0.0314. The monoisotopic (exact) mass is 319 g/mol. The third-order valence-corrected chi connectivity index (χ3v) is 4.22. The van der Waals surface area contributed by atoms with Crippen molar-refractivity contribution in [1.29, 1.82) is 5.26 Å². The van der Waals surface area contributed by atoms with Crippen molar-refractivity contribution >= 4 is 10.9 Å². The van der Waals surface area contributed by atoms with Crippen LogP contribution in [0.5, 0.6) is 0 Å². The first-order valence-corrected chi connectivity index (χ1v) is 8.02. The summed E-state index contributed by atoms with van der Waals surface area (Å²) in [4.78, 5) is 6.92. The van der Waals surface area contributed by atoms with Crippen molar-refractivity contribution in [2.24, 2.45) is 0 Å². The van der Waals surface area contributed by atoms with Crippen molar-refractivity contribution in [3.63, 3.8) is 0 Å². The standard InChI is InChI=1S/C19H17N3O2/c20-12-15-11-14-3-1-2-4-17(14)21-19(15)18-6-5-16(24-18)13-22-7-9-23-10-8-22/h1-6,11H,7-10,13H2. The average molecular weight is 319 g/mol. The van der Waals surface area contributed by atoms with Crippen LogP contribution in [0.4, 0.5) is 0 Å². The zero-order valence-corrected chi connectivity index (χ0v) is 13.2. The van der Waals surface area contributed by atoms with Crippen molar-refractivity contribution in [1.82, 2.24) is 9.88 Å². The summed E-state index contributed by atoms with van der Waals surface area (Å²) in [5.74, 6) is 1.52. The predicted molar refractivity (Wildman–Crippen MR) is 90.3 cm³/mol. The minimum Gasteiger partial charge on any atom is -0.458 e. The van der Waals surface area contributed by atoms with Gasteiger partial charge >= 0.3 is 0 Å². The minimum atomic E-state index is 0.529. The lowest BCUT2D eigenvalue weighted by Gasteiger charge is -2.25. The number of pyridine rings is 1. The van der Waals surface area contributed by atoms with E-state index >= 15 is 0 Å². The summed E-state index contributed by atoms with van der Waals surface area (Å²) in [6, 6.07) is 15.7. The molecule has 0 unspecified atom stereocenters. The minimum absolute atomic E-state index is 0.529. The molecule has 1 saturated heterocycles. The van der Waals surface area contributed by atoms with Crippen LogP contribution >= 0.6 is 0 Å². The van der Waals surface area contributed by atoms with Gasteiger partial charge in [0.2, 0.25) is 0 Å². The Balaban J connectivity index is 1.66. The van der Waals surface area contributed by atoms with Gasteiger partial charge in [0.25, 0.3) is 0 Å². The summed E-state index contributed by atoms with van der Waals surface area (Å²) in [5, 5.41) is 10.4. The van der Waals surface area contributed by atoms with Crippen LogP contribution < -0.4 is 0 Å². The molecule has 1 aromatic carbocycles. The second kappa shape index (κ2) is 6.44. The number of rotatable bonds is 3. The van der Waals surface area contributed by atoms with Gasteiger partial charge in [0.05, 0.1) is 30.8 Å². The summed E-state index contributed by atoms with van der Waals surface area (Å²) in [5.41, 5.74) is 1.99. The van der Waals surface area contributed by atoms with Crippen LogP contribution in [0.15, 0.2) is 46.9 Å². The average Bonchev–Trinajstić information content (AvgIpc) is 3.09. The molecule has 3 aromatic rings. The number of benzene rings is 1. The molecule has 2 aromatic heterocycles. The van der Waals surface area contributed by atoms with Crippen LogP contribution in [0.3, 0.4) is 0 Å². The maximum absolute atomic E-state index is 9.45. The van der Waals surface area contributed by atoms with Crippen LogP contribution in [0.1, 0.15) is 11.3 Å². The molecule has 1 fully saturated rings. The molecule has 1 aliphatic heterocycles. The highest BCUT2D eigenvalue weighted by Crippen LogP contribution is 2.27. The van der Waals surface area contributed by atoms with E-state index in [1.165, 1.54) is 0 Å². The van der Waals surface area contributed by atoms with E-state index in [1.54, 1.807) is 0 Å². The molecule has 5 heteroatoms. The molecule has 0 atom stereocenters. The number of ether oxygens (including phenoxy) is 1. The van der Waals surface area contributed by atoms with Gasteiger partial charge in [-0.15, -0.1) is 0 Å². The van der Waals surface area contributed by atoms with E-state index in [0.29, 0.717) is 17.0 Å². The quantitative estimate of drug-likeness (QED) is 0.742. The Labute approximate surface area is 140 Å². The number of fused-ring (bicyclic) bond motifs is 1. The molecule has 24 heavy (non-hydrogen) atoms. The van der Waals surface area contributed by atoms with Crippen LogP contribution in [0.25, 0.3) is 22.4 Å². The Bertz CT molecular complexity index is 904. The Morgan fingerprint density at radius 2 is 1.96 bits per heavy atom. The van der Waals surface area contributed by atoms with E-state index < -0.39 is 0 Å². The first-order chi connectivity index (χ1) is 11.8. The van der Waals surface area contributed by atoms with Crippen LogP contribution in [-0.4, -0.2) is 36.2 Å².